The van der Waals surface area contributed by atoms with Crippen molar-refractivity contribution in [2.75, 3.05) is 14.2 Å². The Morgan fingerprint density at radius 2 is 2.04 bits per heavy atom. The van der Waals surface area contributed by atoms with Gasteiger partial charge in [0.25, 0.3) is 0 Å². The Morgan fingerprint density at radius 1 is 1.29 bits per heavy atom. The summed E-state index contributed by atoms with van der Waals surface area (Å²) in [4.78, 5) is 23.5. The van der Waals surface area contributed by atoms with E-state index in [0.29, 0.717) is 11.0 Å². The summed E-state index contributed by atoms with van der Waals surface area (Å²) in [6, 6.07) is 2.91. The van der Waals surface area contributed by atoms with Crippen molar-refractivity contribution in [3.8, 4) is 17.1 Å². The van der Waals surface area contributed by atoms with Crippen molar-refractivity contribution in [1.29, 1.82) is 0 Å². The topological polar surface area (TPSA) is 77.1 Å². The molecular weight excluding hydrogens is 337 g/mol. The first-order valence-electron chi connectivity index (χ1n) is 6.94. The van der Waals surface area contributed by atoms with Gasteiger partial charge in [-0.25, -0.2) is 19.2 Å². The molecule has 0 radical (unpaired) electrons. The molecule has 24 heavy (non-hydrogen) atoms. The predicted molar refractivity (Wildman–Crippen MR) is 86.9 cm³/mol. The van der Waals surface area contributed by atoms with Crippen molar-refractivity contribution in [2.45, 2.75) is 6.92 Å². The lowest BCUT2D eigenvalue weighted by molar-refractivity contribution is 0.0596. The third kappa shape index (κ3) is 2.46. The van der Waals surface area contributed by atoms with Crippen LogP contribution in [-0.4, -0.2) is 35.1 Å². The van der Waals surface area contributed by atoms with Crippen LogP contribution in [0.5, 0.6) is 5.75 Å². The number of hydrogen-bond acceptors (Lipinski definition) is 5. The predicted octanol–water partition coefficient (Wildman–Crippen LogP) is 3.52. The van der Waals surface area contributed by atoms with Crippen LogP contribution in [0.25, 0.3) is 22.4 Å². The molecular formula is C16H13ClFN3O3. The number of nitrogens with zero attached hydrogens (tertiary/aromatic N) is 2. The van der Waals surface area contributed by atoms with Gasteiger partial charge in [0.1, 0.15) is 5.65 Å². The Kier molecular flexibility index (Phi) is 4.11. The number of fused-ring (bicyclic) bond motifs is 1. The molecule has 1 aromatic carbocycles. The molecule has 8 heteroatoms. The molecule has 2 heterocycles. The van der Waals surface area contributed by atoms with E-state index in [0.717, 1.165) is 5.56 Å². The normalized spacial score (nSPS) is 10.9. The first-order valence-corrected chi connectivity index (χ1v) is 7.32. The Hall–Kier alpha value is -2.67. The zero-order valence-corrected chi connectivity index (χ0v) is 13.9. The minimum atomic E-state index is -0.705. The van der Waals surface area contributed by atoms with Crippen LogP contribution in [0.1, 0.15) is 16.1 Å². The van der Waals surface area contributed by atoms with E-state index in [1.54, 1.807) is 13.1 Å². The van der Waals surface area contributed by atoms with Gasteiger partial charge >= 0.3 is 5.97 Å². The van der Waals surface area contributed by atoms with E-state index in [9.17, 15) is 9.18 Å². The largest absolute Gasteiger partial charge is 0.492 e. The first kappa shape index (κ1) is 16.2. The number of rotatable bonds is 3. The van der Waals surface area contributed by atoms with Crippen LogP contribution in [0.3, 0.4) is 0 Å². The molecule has 0 unspecified atom stereocenters. The summed E-state index contributed by atoms with van der Waals surface area (Å²) in [6.45, 7) is 1.81. The number of carbonyl (C=O) groups excluding carboxylic acids is 1. The maximum Gasteiger partial charge on any atom is 0.357 e. The van der Waals surface area contributed by atoms with Gasteiger partial charge in [0.2, 0.25) is 0 Å². The quantitative estimate of drug-likeness (QED) is 0.732. The number of halogens is 2. The van der Waals surface area contributed by atoms with E-state index in [2.05, 4.69) is 15.0 Å². The smallest absolute Gasteiger partial charge is 0.357 e. The molecule has 0 aliphatic heterocycles. The molecule has 124 valence electrons. The first-order chi connectivity index (χ1) is 11.5. The van der Waals surface area contributed by atoms with Crippen molar-refractivity contribution >= 4 is 28.6 Å². The van der Waals surface area contributed by atoms with Crippen molar-refractivity contribution in [3.05, 3.63) is 40.4 Å². The molecule has 0 bridgehead atoms. The molecule has 0 aliphatic rings. The van der Waals surface area contributed by atoms with Gasteiger partial charge in [0.15, 0.2) is 23.1 Å². The van der Waals surface area contributed by atoms with Gasteiger partial charge in [-0.15, -0.1) is 0 Å². The van der Waals surface area contributed by atoms with Gasteiger partial charge in [0.05, 0.1) is 30.2 Å². The SMILES string of the molecule is COC(=O)c1nc(-c2ccc(Cl)c(OC)c2F)nc2[nH]cc(C)c12. The monoisotopic (exact) mass is 349 g/mol. The summed E-state index contributed by atoms with van der Waals surface area (Å²) in [5, 5.41) is 0.663. The van der Waals surface area contributed by atoms with Crippen LogP contribution in [0, 0.1) is 12.7 Å². The number of ether oxygens (including phenoxy) is 2. The Labute approximate surface area is 141 Å². The van der Waals surface area contributed by atoms with Crippen molar-refractivity contribution in [2.24, 2.45) is 0 Å². The van der Waals surface area contributed by atoms with Gasteiger partial charge in [0, 0.05) is 6.20 Å². The zero-order valence-electron chi connectivity index (χ0n) is 13.1. The number of aromatic nitrogens is 3. The van der Waals surface area contributed by atoms with Crippen LogP contribution in [0.2, 0.25) is 5.02 Å². The minimum Gasteiger partial charge on any atom is -0.492 e. The Morgan fingerprint density at radius 3 is 2.71 bits per heavy atom. The van der Waals surface area contributed by atoms with E-state index in [1.807, 2.05) is 0 Å². The van der Waals surface area contributed by atoms with Crippen molar-refractivity contribution in [1.82, 2.24) is 15.0 Å². The van der Waals surface area contributed by atoms with E-state index in [4.69, 9.17) is 21.1 Å². The molecule has 0 saturated heterocycles. The van der Waals surface area contributed by atoms with Crippen molar-refractivity contribution < 1.29 is 18.7 Å². The number of methoxy groups -OCH3 is 2. The van der Waals surface area contributed by atoms with E-state index < -0.39 is 11.8 Å². The highest BCUT2D eigenvalue weighted by Crippen LogP contribution is 2.34. The average Bonchev–Trinajstić information content (AvgIpc) is 2.95. The Bertz CT molecular complexity index is 955. The standard InChI is InChI=1S/C16H13ClFN3O3/c1-7-6-19-15-10(7)12(16(22)24-3)20-14(21-15)8-4-5-9(17)13(23-2)11(8)18/h4-6H,1-3H3,(H,19,20,21). The van der Waals surface area contributed by atoms with Gasteiger partial charge in [-0.2, -0.15) is 0 Å². The van der Waals surface area contributed by atoms with Gasteiger partial charge in [-0.3, -0.25) is 0 Å². The lowest BCUT2D eigenvalue weighted by Gasteiger charge is -2.10. The molecule has 0 spiro atoms. The lowest BCUT2D eigenvalue weighted by atomic mass is 10.1. The van der Waals surface area contributed by atoms with Gasteiger partial charge < -0.3 is 14.5 Å². The van der Waals surface area contributed by atoms with Crippen LogP contribution >= 0.6 is 11.6 Å². The maximum absolute atomic E-state index is 14.6. The van der Waals surface area contributed by atoms with Gasteiger partial charge in [-0.1, -0.05) is 11.6 Å². The molecule has 0 amide bonds. The summed E-state index contributed by atoms with van der Waals surface area (Å²) >= 11 is 5.91. The summed E-state index contributed by atoms with van der Waals surface area (Å²) < 4.78 is 24.4. The fourth-order valence-corrected chi connectivity index (χ4v) is 2.67. The fourth-order valence-electron chi connectivity index (χ4n) is 2.44. The summed E-state index contributed by atoms with van der Waals surface area (Å²) in [5.41, 5.74) is 1.32. The summed E-state index contributed by atoms with van der Waals surface area (Å²) in [7, 11) is 2.57. The second kappa shape index (κ2) is 6.09. The number of H-pyrrole nitrogens is 1. The second-order valence-corrected chi connectivity index (χ2v) is 5.43. The molecule has 1 N–H and O–H groups in total. The lowest BCUT2D eigenvalue weighted by Crippen LogP contribution is -2.08. The molecule has 0 saturated carbocycles. The highest BCUT2D eigenvalue weighted by molar-refractivity contribution is 6.32. The minimum absolute atomic E-state index is 0.0252. The summed E-state index contributed by atoms with van der Waals surface area (Å²) in [6.07, 6.45) is 1.69. The van der Waals surface area contributed by atoms with E-state index in [1.165, 1.54) is 26.4 Å². The average molecular weight is 350 g/mol. The fraction of sp³-hybridized carbons (Fsp3) is 0.188. The van der Waals surface area contributed by atoms with E-state index >= 15 is 0 Å². The number of hydrogen-bond donors (Lipinski definition) is 1. The molecule has 0 atom stereocenters. The highest BCUT2D eigenvalue weighted by Gasteiger charge is 2.22. The number of esters is 1. The third-order valence-electron chi connectivity index (χ3n) is 3.60. The third-order valence-corrected chi connectivity index (χ3v) is 3.90. The highest BCUT2D eigenvalue weighted by atomic mass is 35.5. The number of carbonyl (C=O) groups is 1. The van der Waals surface area contributed by atoms with Crippen LogP contribution in [0.4, 0.5) is 4.39 Å². The molecule has 2 aromatic heterocycles. The number of aryl methyl sites for hydroxylation is 1. The molecule has 3 rings (SSSR count). The maximum atomic E-state index is 14.6. The summed E-state index contributed by atoms with van der Waals surface area (Å²) in [5.74, 6) is -1.42. The van der Waals surface area contributed by atoms with E-state index in [-0.39, 0.29) is 27.9 Å². The van der Waals surface area contributed by atoms with Crippen molar-refractivity contribution in [3.63, 3.8) is 0 Å². The van der Waals surface area contributed by atoms with Crippen LogP contribution in [-0.2, 0) is 4.74 Å². The van der Waals surface area contributed by atoms with Crippen LogP contribution in [0.15, 0.2) is 18.3 Å². The zero-order chi connectivity index (χ0) is 17.4. The molecule has 6 nitrogen and oxygen atoms in total. The second-order valence-electron chi connectivity index (χ2n) is 5.02. The Balaban J connectivity index is 2.30. The molecule has 0 fully saturated rings. The molecule has 0 aliphatic carbocycles. The van der Waals surface area contributed by atoms with Crippen LogP contribution < -0.4 is 4.74 Å². The molecule has 3 aromatic rings. The number of benzene rings is 1. The number of nitrogens with one attached hydrogen (secondary N) is 1. The number of aromatic amines is 1. The van der Waals surface area contributed by atoms with Gasteiger partial charge in [-0.05, 0) is 24.6 Å².